The molecule has 1 heterocycles. The third-order valence-electron chi connectivity index (χ3n) is 8.68. The summed E-state index contributed by atoms with van der Waals surface area (Å²) in [5, 5.41) is 3.03. The Morgan fingerprint density at radius 1 is 0.482 bits per heavy atom. The van der Waals surface area contributed by atoms with Crippen molar-refractivity contribution in [3.8, 4) is 0 Å². The number of hydrogen-bond acceptors (Lipinski definition) is 12. The normalized spacial score (nSPS) is 18.9. The Morgan fingerprint density at radius 3 is 1.34 bits per heavy atom. The van der Waals surface area contributed by atoms with Crippen molar-refractivity contribution in [1.82, 2.24) is 5.32 Å². The molecule has 0 saturated carbocycles. The maximum absolute atomic E-state index is 13.7. The SMILES string of the molecule is O=C(CNCCO[C@@H]1OC(COC(=O)c2ccccc2)[C@H](OC(=O)c2ccccc2)C(OC(=O)c2ccccc2)[C@@H]1OC(=O)c1ccccc1)c1ccccc1. The molecule has 12 nitrogen and oxygen atoms in total. The zero-order valence-electron chi connectivity index (χ0n) is 30.1. The molecule has 286 valence electrons. The minimum Gasteiger partial charge on any atom is -0.459 e. The van der Waals surface area contributed by atoms with Crippen LogP contribution in [0.4, 0.5) is 0 Å². The van der Waals surface area contributed by atoms with Crippen LogP contribution in [0.1, 0.15) is 51.8 Å². The van der Waals surface area contributed by atoms with Gasteiger partial charge in [-0.1, -0.05) is 103 Å². The van der Waals surface area contributed by atoms with E-state index in [1.54, 1.807) is 121 Å². The Hall–Kier alpha value is -6.47. The molecule has 5 aromatic rings. The highest BCUT2D eigenvalue weighted by atomic mass is 16.7. The number of benzene rings is 5. The Kier molecular flexibility index (Phi) is 13.8. The molecule has 0 aliphatic carbocycles. The van der Waals surface area contributed by atoms with Gasteiger partial charge >= 0.3 is 23.9 Å². The summed E-state index contributed by atoms with van der Waals surface area (Å²) in [6, 6.07) is 41.3. The quantitative estimate of drug-likeness (QED) is 0.0566. The fourth-order valence-electron chi connectivity index (χ4n) is 5.84. The molecule has 1 aliphatic rings. The molecule has 1 N–H and O–H groups in total. The van der Waals surface area contributed by atoms with Crippen LogP contribution in [0.15, 0.2) is 152 Å². The number of ether oxygens (including phenoxy) is 6. The predicted molar refractivity (Wildman–Crippen MR) is 202 cm³/mol. The highest BCUT2D eigenvalue weighted by Crippen LogP contribution is 2.32. The Labute approximate surface area is 323 Å². The lowest BCUT2D eigenvalue weighted by molar-refractivity contribution is -0.298. The van der Waals surface area contributed by atoms with Crippen LogP contribution in [-0.4, -0.2) is 86.7 Å². The van der Waals surface area contributed by atoms with Crippen molar-refractivity contribution in [3.63, 3.8) is 0 Å². The molecule has 1 aliphatic heterocycles. The first-order valence-electron chi connectivity index (χ1n) is 17.9. The van der Waals surface area contributed by atoms with Gasteiger partial charge in [-0.2, -0.15) is 0 Å². The largest absolute Gasteiger partial charge is 0.459 e. The zero-order valence-corrected chi connectivity index (χ0v) is 30.1. The molecule has 1 saturated heterocycles. The maximum atomic E-state index is 13.7. The Morgan fingerprint density at radius 2 is 0.875 bits per heavy atom. The summed E-state index contributed by atoms with van der Waals surface area (Å²) in [5.41, 5.74) is 1.31. The summed E-state index contributed by atoms with van der Waals surface area (Å²) in [4.78, 5) is 66.8. The average Bonchev–Trinajstić information content (AvgIpc) is 3.25. The van der Waals surface area contributed by atoms with Gasteiger partial charge in [0.1, 0.15) is 12.7 Å². The number of carbonyl (C=O) groups excluding carboxylic acids is 5. The number of ketones is 1. The number of esters is 4. The second-order valence-corrected chi connectivity index (χ2v) is 12.6. The van der Waals surface area contributed by atoms with Gasteiger partial charge in [0, 0.05) is 12.1 Å². The number of nitrogens with one attached hydrogen (secondary N) is 1. The lowest BCUT2D eigenvalue weighted by Crippen LogP contribution is -2.63. The van der Waals surface area contributed by atoms with Crippen molar-refractivity contribution in [2.75, 3.05) is 26.3 Å². The summed E-state index contributed by atoms with van der Waals surface area (Å²) in [7, 11) is 0. The molecule has 2 unspecified atom stereocenters. The van der Waals surface area contributed by atoms with Gasteiger partial charge in [0.05, 0.1) is 35.4 Å². The third-order valence-corrected chi connectivity index (χ3v) is 8.68. The van der Waals surface area contributed by atoms with E-state index in [0.717, 1.165) is 0 Å². The molecule has 6 rings (SSSR count). The number of hydrogen-bond donors (Lipinski definition) is 1. The van der Waals surface area contributed by atoms with E-state index >= 15 is 0 Å². The van der Waals surface area contributed by atoms with Crippen LogP contribution >= 0.6 is 0 Å². The van der Waals surface area contributed by atoms with Gasteiger partial charge in [0.25, 0.3) is 0 Å². The first-order valence-corrected chi connectivity index (χ1v) is 17.9. The molecule has 0 radical (unpaired) electrons. The van der Waals surface area contributed by atoms with Crippen molar-refractivity contribution in [2.45, 2.75) is 30.7 Å². The molecule has 5 aromatic carbocycles. The van der Waals surface area contributed by atoms with Crippen molar-refractivity contribution in [2.24, 2.45) is 0 Å². The van der Waals surface area contributed by atoms with E-state index in [4.69, 9.17) is 28.4 Å². The van der Waals surface area contributed by atoms with Crippen LogP contribution in [0.3, 0.4) is 0 Å². The second kappa shape index (κ2) is 19.7. The summed E-state index contributed by atoms with van der Waals surface area (Å²) < 4.78 is 36.3. The Bertz CT molecular complexity index is 2050. The first-order chi connectivity index (χ1) is 27.4. The summed E-state index contributed by atoms with van der Waals surface area (Å²) in [6.07, 6.45) is -7.30. The van der Waals surface area contributed by atoms with Gasteiger partial charge in [-0.05, 0) is 48.5 Å². The minimum atomic E-state index is -1.55. The number of rotatable bonds is 16. The van der Waals surface area contributed by atoms with E-state index in [0.29, 0.717) is 5.56 Å². The maximum Gasteiger partial charge on any atom is 0.338 e. The van der Waals surface area contributed by atoms with Crippen LogP contribution in [0.2, 0.25) is 0 Å². The van der Waals surface area contributed by atoms with Crippen LogP contribution in [0.25, 0.3) is 0 Å². The summed E-state index contributed by atoms with van der Waals surface area (Å²) in [5.74, 6) is -3.26. The van der Waals surface area contributed by atoms with Gasteiger partial charge in [0.2, 0.25) is 0 Å². The van der Waals surface area contributed by atoms with Crippen molar-refractivity contribution < 1.29 is 52.4 Å². The van der Waals surface area contributed by atoms with Crippen LogP contribution in [0.5, 0.6) is 0 Å². The van der Waals surface area contributed by atoms with Gasteiger partial charge in [0.15, 0.2) is 30.4 Å². The average molecular weight is 758 g/mol. The lowest BCUT2D eigenvalue weighted by Gasteiger charge is -2.44. The van der Waals surface area contributed by atoms with Gasteiger partial charge < -0.3 is 33.7 Å². The number of Topliss-reactive ketones (excluding diaryl/α,β-unsaturated/α-hetero) is 1. The summed E-state index contributed by atoms with van der Waals surface area (Å²) in [6.45, 7) is -0.385. The highest BCUT2D eigenvalue weighted by Gasteiger charge is 2.53. The van der Waals surface area contributed by atoms with E-state index < -0.39 is 61.2 Å². The topological polar surface area (TPSA) is 153 Å². The molecular formula is C44H39NO11. The fourth-order valence-corrected chi connectivity index (χ4v) is 5.84. The molecule has 0 bridgehead atoms. The van der Waals surface area contributed by atoms with E-state index in [1.165, 1.54) is 24.3 Å². The fraction of sp³-hybridized carbons (Fsp3) is 0.205. The molecular weight excluding hydrogens is 718 g/mol. The van der Waals surface area contributed by atoms with Gasteiger partial charge in [-0.15, -0.1) is 0 Å². The van der Waals surface area contributed by atoms with Crippen LogP contribution < -0.4 is 5.32 Å². The monoisotopic (exact) mass is 757 g/mol. The predicted octanol–water partition coefficient (Wildman–Crippen LogP) is 5.73. The van der Waals surface area contributed by atoms with Gasteiger partial charge in [-0.25, -0.2) is 19.2 Å². The summed E-state index contributed by atoms with van der Waals surface area (Å²) >= 11 is 0. The first kappa shape index (κ1) is 39.2. The third kappa shape index (κ3) is 10.6. The Balaban J connectivity index is 1.31. The van der Waals surface area contributed by atoms with E-state index in [1.807, 2.05) is 6.07 Å². The second-order valence-electron chi connectivity index (χ2n) is 12.6. The van der Waals surface area contributed by atoms with E-state index in [2.05, 4.69) is 5.32 Å². The highest BCUT2D eigenvalue weighted by molar-refractivity contribution is 5.97. The van der Waals surface area contributed by atoms with E-state index in [9.17, 15) is 24.0 Å². The van der Waals surface area contributed by atoms with Gasteiger partial charge in [-0.3, -0.25) is 4.79 Å². The van der Waals surface area contributed by atoms with Crippen LogP contribution in [-0.2, 0) is 28.4 Å². The van der Waals surface area contributed by atoms with E-state index in [-0.39, 0.29) is 47.7 Å². The lowest BCUT2D eigenvalue weighted by atomic mass is 9.97. The zero-order chi connectivity index (χ0) is 39.1. The van der Waals surface area contributed by atoms with Crippen molar-refractivity contribution in [3.05, 3.63) is 179 Å². The molecule has 0 aromatic heterocycles. The van der Waals surface area contributed by atoms with Crippen LogP contribution in [0, 0.1) is 0 Å². The molecule has 1 fully saturated rings. The standard InChI is InChI=1S/C44H39NO11/c46-35(30-16-6-1-7-17-30)28-45-26-27-51-44-39(56-43(50)34-24-14-5-15-25-34)38(55-42(49)33-22-12-4-13-23-33)37(54-41(48)32-20-10-3-11-21-32)36(53-44)29-52-40(47)31-18-8-2-9-19-31/h1-25,36-39,44-45H,26-29H2/t36?,37-,38?,39-,44+/m0/s1. The molecule has 12 heteroatoms. The van der Waals surface area contributed by atoms with Crippen molar-refractivity contribution >= 4 is 29.7 Å². The molecule has 56 heavy (non-hydrogen) atoms. The smallest absolute Gasteiger partial charge is 0.338 e. The number of carbonyl (C=O) groups is 5. The molecule has 0 spiro atoms. The molecule has 0 amide bonds. The molecule has 5 atom stereocenters. The van der Waals surface area contributed by atoms with Crippen molar-refractivity contribution in [1.29, 1.82) is 0 Å². The minimum absolute atomic E-state index is 0.0121.